The van der Waals surface area contributed by atoms with E-state index in [1.54, 1.807) is 28.6 Å². The molecule has 0 bridgehead atoms. The second-order valence-electron chi connectivity index (χ2n) is 6.35. The van der Waals surface area contributed by atoms with Gasteiger partial charge >= 0.3 is 0 Å². The van der Waals surface area contributed by atoms with Crippen LogP contribution in [0.3, 0.4) is 0 Å². The van der Waals surface area contributed by atoms with Crippen LogP contribution in [0.4, 0.5) is 0 Å². The lowest BCUT2D eigenvalue weighted by atomic mass is 10.0. The van der Waals surface area contributed by atoms with E-state index in [0.29, 0.717) is 16.5 Å². The van der Waals surface area contributed by atoms with E-state index in [9.17, 15) is 8.42 Å². The topological polar surface area (TPSA) is 37.4 Å². The Morgan fingerprint density at radius 1 is 0.958 bits per heavy atom. The van der Waals surface area contributed by atoms with Gasteiger partial charge in [-0.2, -0.15) is 4.31 Å². The first-order chi connectivity index (χ1) is 11.5. The molecule has 3 nitrogen and oxygen atoms in total. The number of rotatable bonds is 3. The lowest BCUT2D eigenvalue weighted by Crippen LogP contribution is -2.34. The zero-order valence-corrected chi connectivity index (χ0v) is 15.4. The van der Waals surface area contributed by atoms with Crippen LogP contribution in [0.2, 0.25) is 5.02 Å². The molecule has 0 spiro atoms. The van der Waals surface area contributed by atoms with Gasteiger partial charge in [-0.05, 0) is 49.6 Å². The molecule has 1 aliphatic heterocycles. The molecule has 1 fully saturated rings. The van der Waals surface area contributed by atoms with Crippen molar-refractivity contribution < 1.29 is 8.42 Å². The molecule has 0 N–H and O–H groups in total. The molecule has 0 saturated carbocycles. The smallest absolute Gasteiger partial charge is 0.207 e. The van der Waals surface area contributed by atoms with Gasteiger partial charge in [-0.15, -0.1) is 0 Å². The van der Waals surface area contributed by atoms with Gasteiger partial charge in [-0.25, -0.2) is 8.42 Å². The Balaban J connectivity index is 2.00. The number of hydrogen-bond acceptors (Lipinski definition) is 2. The second kappa shape index (κ2) is 7.26. The fourth-order valence-electron chi connectivity index (χ4n) is 3.23. The summed E-state index contributed by atoms with van der Waals surface area (Å²) in [6.07, 6.45) is 3.87. The highest BCUT2D eigenvalue weighted by molar-refractivity contribution is 7.89. The van der Waals surface area contributed by atoms with Crippen molar-refractivity contribution in [2.75, 3.05) is 6.54 Å². The standard InChI is InChI=1S/C19H22ClNO2S/c1-15-6-8-16(9-7-15)19-5-3-2-4-14-21(19)24(22,23)18-12-10-17(20)11-13-18/h6-13,19H,2-5,14H2,1H3/t19-/m0/s1. The molecule has 2 aromatic rings. The largest absolute Gasteiger partial charge is 0.243 e. The van der Waals surface area contributed by atoms with Gasteiger partial charge < -0.3 is 0 Å². The lowest BCUT2D eigenvalue weighted by Gasteiger charge is -2.29. The Kier molecular flexibility index (Phi) is 5.28. The fraction of sp³-hybridized carbons (Fsp3) is 0.368. The van der Waals surface area contributed by atoms with Crippen LogP contribution >= 0.6 is 11.6 Å². The SMILES string of the molecule is Cc1ccc([C@@H]2CCCCCN2S(=O)(=O)c2ccc(Cl)cc2)cc1. The summed E-state index contributed by atoms with van der Waals surface area (Å²) < 4.78 is 28.0. The number of nitrogens with zero attached hydrogens (tertiary/aromatic N) is 1. The molecule has 0 amide bonds. The zero-order chi connectivity index (χ0) is 17.2. The van der Waals surface area contributed by atoms with Gasteiger partial charge in [0.2, 0.25) is 10.0 Å². The summed E-state index contributed by atoms with van der Waals surface area (Å²) in [5.41, 5.74) is 2.25. The maximum atomic E-state index is 13.2. The van der Waals surface area contributed by atoms with Gasteiger partial charge in [0, 0.05) is 11.6 Å². The Bertz CT molecular complexity index is 785. The van der Waals surface area contributed by atoms with Gasteiger partial charge in [0.1, 0.15) is 0 Å². The summed E-state index contributed by atoms with van der Waals surface area (Å²) in [7, 11) is -3.53. The predicted molar refractivity (Wildman–Crippen MR) is 97.7 cm³/mol. The number of sulfonamides is 1. The highest BCUT2D eigenvalue weighted by atomic mass is 35.5. The molecule has 0 aromatic heterocycles. The van der Waals surface area contributed by atoms with E-state index in [4.69, 9.17) is 11.6 Å². The number of benzene rings is 2. The molecule has 3 rings (SSSR count). The third-order valence-electron chi connectivity index (χ3n) is 4.59. The monoisotopic (exact) mass is 363 g/mol. The van der Waals surface area contributed by atoms with Gasteiger partial charge in [0.25, 0.3) is 0 Å². The first-order valence-corrected chi connectivity index (χ1v) is 10.1. The van der Waals surface area contributed by atoms with Crippen LogP contribution in [-0.4, -0.2) is 19.3 Å². The van der Waals surface area contributed by atoms with Crippen molar-refractivity contribution in [3.8, 4) is 0 Å². The van der Waals surface area contributed by atoms with Gasteiger partial charge in [0.05, 0.1) is 10.9 Å². The van der Waals surface area contributed by atoms with Crippen LogP contribution in [-0.2, 0) is 10.0 Å². The summed E-state index contributed by atoms with van der Waals surface area (Å²) in [5.74, 6) is 0. The molecule has 1 saturated heterocycles. The number of aryl methyl sites for hydroxylation is 1. The van der Waals surface area contributed by atoms with Gasteiger partial charge in [-0.1, -0.05) is 54.3 Å². The average molecular weight is 364 g/mol. The molecular weight excluding hydrogens is 342 g/mol. The number of halogens is 1. The van der Waals surface area contributed by atoms with E-state index in [1.807, 2.05) is 19.1 Å². The normalized spacial score (nSPS) is 19.8. The lowest BCUT2D eigenvalue weighted by molar-refractivity contribution is 0.329. The van der Waals surface area contributed by atoms with E-state index < -0.39 is 10.0 Å². The van der Waals surface area contributed by atoms with Gasteiger partial charge in [0.15, 0.2) is 0 Å². The summed E-state index contributed by atoms with van der Waals surface area (Å²) in [6, 6.07) is 14.5. The average Bonchev–Trinajstić information content (AvgIpc) is 2.82. The zero-order valence-electron chi connectivity index (χ0n) is 13.8. The van der Waals surface area contributed by atoms with Gasteiger partial charge in [-0.3, -0.25) is 0 Å². The highest BCUT2D eigenvalue weighted by Gasteiger charge is 2.33. The first-order valence-electron chi connectivity index (χ1n) is 8.32. The minimum Gasteiger partial charge on any atom is -0.207 e. The summed E-state index contributed by atoms with van der Waals surface area (Å²) in [5, 5.41) is 0.542. The van der Waals surface area contributed by atoms with Crippen molar-refractivity contribution in [3.63, 3.8) is 0 Å². The molecule has 128 valence electrons. The molecule has 2 aromatic carbocycles. The first kappa shape index (κ1) is 17.5. The summed E-state index contributed by atoms with van der Waals surface area (Å²) in [6.45, 7) is 2.60. The van der Waals surface area contributed by atoms with Crippen molar-refractivity contribution in [2.24, 2.45) is 0 Å². The molecule has 24 heavy (non-hydrogen) atoms. The molecule has 1 atom stereocenters. The molecule has 0 aliphatic carbocycles. The van der Waals surface area contributed by atoms with E-state index in [-0.39, 0.29) is 6.04 Å². The third-order valence-corrected chi connectivity index (χ3v) is 6.76. The van der Waals surface area contributed by atoms with Crippen LogP contribution in [0.15, 0.2) is 53.4 Å². The Labute approximate surface area is 149 Å². The van der Waals surface area contributed by atoms with Crippen LogP contribution in [0, 0.1) is 6.92 Å². The predicted octanol–water partition coefficient (Wildman–Crippen LogP) is 4.95. The second-order valence-corrected chi connectivity index (χ2v) is 8.67. The molecule has 1 aliphatic rings. The van der Waals surface area contributed by atoms with Crippen molar-refractivity contribution in [1.29, 1.82) is 0 Å². The van der Waals surface area contributed by atoms with Crippen molar-refractivity contribution >= 4 is 21.6 Å². The summed E-state index contributed by atoms with van der Waals surface area (Å²) >= 11 is 5.90. The maximum Gasteiger partial charge on any atom is 0.243 e. The van der Waals surface area contributed by atoms with Crippen LogP contribution in [0.1, 0.15) is 42.9 Å². The van der Waals surface area contributed by atoms with E-state index in [1.165, 1.54) is 5.56 Å². The minimum atomic E-state index is -3.53. The fourth-order valence-corrected chi connectivity index (χ4v) is 5.04. The molecule has 5 heteroatoms. The van der Waals surface area contributed by atoms with E-state index >= 15 is 0 Å². The highest BCUT2D eigenvalue weighted by Crippen LogP contribution is 2.35. The van der Waals surface area contributed by atoms with Crippen molar-refractivity contribution in [2.45, 2.75) is 43.5 Å². The Hall–Kier alpha value is -1.36. The van der Waals surface area contributed by atoms with Crippen LogP contribution in [0.25, 0.3) is 0 Å². The van der Waals surface area contributed by atoms with Crippen molar-refractivity contribution in [1.82, 2.24) is 4.31 Å². The maximum absolute atomic E-state index is 13.2. The Morgan fingerprint density at radius 2 is 1.62 bits per heavy atom. The summed E-state index contributed by atoms with van der Waals surface area (Å²) in [4.78, 5) is 0.311. The van der Waals surface area contributed by atoms with Crippen LogP contribution < -0.4 is 0 Å². The van der Waals surface area contributed by atoms with Crippen LogP contribution in [0.5, 0.6) is 0 Å². The molecule has 0 unspecified atom stereocenters. The number of hydrogen-bond donors (Lipinski definition) is 0. The minimum absolute atomic E-state index is 0.103. The van der Waals surface area contributed by atoms with Crippen molar-refractivity contribution in [3.05, 3.63) is 64.7 Å². The molecule has 1 heterocycles. The van der Waals surface area contributed by atoms with E-state index in [0.717, 1.165) is 31.2 Å². The third kappa shape index (κ3) is 3.66. The molecule has 0 radical (unpaired) electrons. The molecular formula is C19H22ClNO2S. The Morgan fingerprint density at radius 3 is 2.29 bits per heavy atom. The quantitative estimate of drug-likeness (QED) is 0.773. The van der Waals surface area contributed by atoms with E-state index in [2.05, 4.69) is 12.1 Å².